The summed E-state index contributed by atoms with van der Waals surface area (Å²) in [6, 6.07) is 10.2. The van der Waals surface area contributed by atoms with Crippen LogP contribution in [0.3, 0.4) is 0 Å². The zero-order valence-electron chi connectivity index (χ0n) is 16.6. The highest BCUT2D eigenvalue weighted by molar-refractivity contribution is 8.03. The van der Waals surface area contributed by atoms with Gasteiger partial charge in [0.15, 0.2) is 11.5 Å². The van der Waals surface area contributed by atoms with Gasteiger partial charge in [0.05, 0.1) is 7.11 Å². The molecule has 0 saturated heterocycles. The van der Waals surface area contributed by atoms with Crippen molar-refractivity contribution in [1.82, 2.24) is 10.2 Å². The second kappa shape index (κ2) is 10.6. The quantitative estimate of drug-likeness (QED) is 0.305. The number of nitrogens with zero attached hydrogens (tertiary/aromatic N) is 2. The van der Waals surface area contributed by atoms with Crippen molar-refractivity contribution in [3.8, 4) is 11.5 Å². The fourth-order valence-corrected chi connectivity index (χ4v) is 3.64. The largest absolute Gasteiger partial charge is 0.493 e. The van der Waals surface area contributed by atoms with Gasteiger partial charge in [-0.15, -0.1) is 10.2 Å². The Morgan fingerprint density at radius 1 is 1.19 bits per heavy atom. The number of methoxy groups -OCH3 is 1. The molecule has 0 unspecified atom stereocenters. The van der Waals surface area contributed by atoms with Crippen LogP contribution < -0.4 is 9.47 Å². The molecule has 0 spiro atoms. The summed E-state index contributed by atoms with van der Waals surface area (Å²) in [4.78, 5) is 11.7. The van der Waals surface area contributed by atoms with Crippen molar-refractivity contribution in [2.45, 2.75) is 25.2 Å². The third kappa shape index (κ3) is 6.16. The van der Waals surface area contributed by atoms with E-state index in [0.717, 1.165) is 17.3 Å². The molecule has 0 amide bonds. The van der Waals surface area contributed by atoms with Crippen molar-refractivity contribution in [1.29, 1.82) is 0 Å². The molecule has 0 saturated carbocycles. The number of aromatic nitrogens is 2. The number of hydrogen-bond acceptors (Lipinski definition) is 7. The fourth-order valence-electron chi connectivity index (χ4n) is 2.49. The molecule has 1 N–H and O–H groups in total. The Morgan fingerprint density at radius 2 is 2.00 bits per heavy atom. The van der Waals surface area contributed by atoms with E-state index in [1.165, 1.54) is 13.2 Å². The Morgan fingerprint density at radius 3 is 2.65 bits per heavy atom. The predicted molar refractivity (Wildman–Crippen MR) is 119 cm³/mol. The highest BCUT2D eigenvalue weighted by Gasteiger charge is 2.16. The lowest BCUT2D eigenvalue weighted by atomic mass is 10.2. The molecule has 7 nitrogen and oxygen atoms in total. The molecule has 3 aromatic rings. The van der Waals surface area contributed by atoms with Gasteiger partial charge < -0.3 is 19.0 Å². The molecule has 0 aliphatic heterocycles. The average Bonchev–Trinajstić information content (AvgIpc) is 3.20. The van der Waals surface area contributed by atoms with Gasteiger partial charge in [-0.3, -0.25) is 0 Å². The number of hydrogen-bond donors (Lipinski definition) is 1. The third-order valence-corrected chi connectivity index (χ3v) is 5.48. The van der Waals surface area contributed by atoms with E-state index in [4.69, 9.17) is 37.1 Å². The van der Waals surface area contributed by atoms with Crippen LogP contribution in [-0.4, -0.2) is 28.4 Å². The first-order valence-corrected chi connectivity index (χ1v) is 10.7. The monoisotopic (exact) mass is 480 g/mol. The van der Waals surface area contributed by atoms with E-state index in [-0.39, 0.29) is 16.7 Å². The van der Waals surface area contributed by atoms with Gasteiger partial charge in [-0.05, 0) is 47.7 Å². The zero-order chi connectivity index (χ0) is 22.4. The smallest absolute Gasteiger partial charge is 0.342 e. The Kier molecular flexibility index (Phi) is 7.84. The van der Waals surface area contributed by atoms with Crippen molar-refractivity contribution >= 4 is 47.0 Å². The summed E-state index contributed by atoms with van der Waals surface area (Å²) in [6.07, 6.45) is 2.06. The Labute approximate surface area is 193 Å². The van der Waals surface area contributed by atoms with E-state index in [1.54, 1.807) is 36.4 Å². The van der Waals surface area contributed by atoms with Crippen molar-refractivity contribution in [2.75, 3.05) is 7.11 Å². The molecular weight excluding hydrogens is 463 g/mol. The van der Waals surface area contributed by atoms with Gasteiger partial charge in [0.25, 0.3) is 5.22 Å². The normalized spacial score (nSPS) is 11.4. The van der Waals surface area contributed by atoms with Crippen molar-refractivity contribution in [2.24, 2.45) is 0 Å². The van der Waals surface area contributed by atoms with Crippen molar-refractivity contribution in [3.05, 3.63) is 68.4 Å². The second-order valence-corrected chi connectivity index (χ2v) is 8.00. The fraction of sp³-hybridized carbons (Fsp3) is 0.190. The molecule has 10 heteroatoms. The maximum Gasteiger partial charge on any atom is 0.342 e. The first kappa shape index (κ1) is 23.0. The molecule has 1 aromatic heterocycles. The molecule has 3 rings (SSSR count). The number of aliphatic carboxylic acids is 1. The maximum absolute atomic E-state index is 11.7. The Balaban J connectivity index is 1.78. The van der Waals surface area contributed by atoms with Gasteiger partial charge in [-0.2, -0.15) is 0 Å². The first-order valence-electron chi connectivity index (χ1n) is 9.09. The highest BCUT2D eigenvalue weighted by atomic mass is 35.5. The van der Waals surface area contributed by atoms with Gasteiger partial charge in [0, 0.05) is 22.0 Å². The molecule has 2 aromatic carbocycles. The van der Waals surface area contributed by atoms with Crippen molar-refractivity contribution in [3.63, 3.8) is 0 Å². The number of halogens is 2. The molecule has 0 bridgehead atoms. The van der Waals surface area contributed by atoms with Crippen LogP contribution in [0.25, 0.3) is 6.08 Å². The van der Waals surface area contributed by atoms with Crippen LogP contribution in [0.1, 0.15) is 23.9 Å². The molecular formula is C21H18Cl2N2O5S. The van der Waals surface area contributed by atoms with Crippen LogP contribution in [0, 0.1) is 0 Å². The summed E-state index contributed by atoms with van der Waals surface area (Å²) in [5.74, 6) is 0.258. The first-order chi connectivity index (χ1) is 14.9. The second-order valence-electron chi connectivity index (χ2n) is 6.17. The third-order valence-electron chi connectivity index (χ3n) is 4.04. The molecule has 162 valence electrons. The van der Waals surface area contributed by atoms with E-state index >= 15 is 0 Å². The molecule has 0 radical (unpaired) electrons. The van der Waals surface area contributed by atoms with Gasteiger partial charge in [-0.25, -0.2) is 4.79 Å². The minimum atomic E-state index is -1.11. The van der Waals surface area contributed by atoms with E-state index in [1.807, 2.05) is 6.92 Å². The lowest BCUT2D eigenvalue weighted by Gasteiger charge is -2.12. The molecule has 31 heavy (non-hydrogen) atoms. The number of carboxylic acid groups (broad SMARTS) is 1. The Bertz CT molecular complexity index is 1120. The number of rotatable bonds is 9. The average molecular weight is 481 g/mol. The number of thioether (sulfide) groups is 1. The Hall–Kier alpha value is -2.68. The predicted octanol–water partition coefficient (Wildman–Crippen LogP) is 5.74. The SMILES string of the molecule is CCc1nnc(S/C(=C\c2ccc(OCc3ccc(Cl)cc3Cl)c(OC)c2)C(=O)O)o1. The summed E-state index contributed by atoms with van der Waals surface area (Å²) >= 11 is 13.0. The lowest BCUT2D eigenvalue weighted by molar-refractivity contribution is -0.131. The highest BCUT2D eigenvalue weighted by Crippen LogP contribution is 2.33. The molecule has 1 heterocycles. The number of carbonyl (C=O) groups is 1. The van der Waals surface area contributed by atoms with Crippen LogP contribution >= 0.6 is 35.0 Å². The summed E-state index contributed by atoms with van der Waals surface area (Å²) < 4.78 is 16.6. The molecule has 0 aliphatic rings. The topological polar surface area (TPSA) is 94.7 Å². The van der Waals surface area contributed by atoms with Gasteiger partial charge in [-0.1, -0.05) is 42.3 Å². The van der Waals surface area contributed by atoms with Crippen LogP contribution in [0.2, 0.25) is 10.0 Å². The standard InChI is InChI=1S/C21H18Cl2N2O5S/c1-3-19-24-25-21(30-19)31-18(20(26)27)9-12-4-7-16(17(8-12)28-2)29-11-13-5-6-14(22)10-15(13)23/h4-10H,3,11H2,1-2H3,(H,26,27)/b18-9-. The summed E-state index contributed by atoms with van der Waals surface area (Å²) in [5, 5.41) is 18.4. The summed E-state index contributed by atoms with van der Waals surface area (Å²) in [7, 11) is 1.50. The zero-order valence-corrected chi connectivity index (χ0v) is 18.9. The number of benzene rings is 2. The maximum atomic E-state index is 11.7. The molecule has 0 atom stereocenters. The van der Waals surface area contributed by atoms with Gasteiger partial charge >= 0.3 is 5.97 Å². The number of carboxylic acids is 1. The summed E-state index contributed by atoms with van der Waals surface area (Å²) in [5.41, 5.74) is 1.38. The van der Waals surface area contributed by atoms with E-state index < -0.39 is 5.97 Å². The number of ether oxygens (including phenoxy) is 2. The van der Waals surface area contributed by atoms with E-state index in [0.29, 0.717) is 39.4 Å². The van der Waals surface area contributed by atoms with Crippen molar-refractivity contribution < 1.29 is 23.8 Å². The minimum Gasteiger partial charge on any atom is -0.493 e. The van der Waals surface area contributed by atoms with Crippen LogP contribution in [0.5, 0.6) is 11.5 Å². The van der Waals surface area contributed by atoms with Crippen LogP contribution in [-0.2, 0) is 17.8 Å². The van der Waals surface area contributed by atoms with Crippen LogP contribution in [0.15, 0.2) is 50.9 Å². The number of aryl methyl sites for hydroxylation is 1. The lowest BCUT2D eigenvalue weighted by Crippen LogP contribution is -1.99. The van der Waals surface area contributed by atoms with Gasteiger partial charge in [0.2, 0.25) is 5.89 Å². The van der Waals surface area contributed by atoms with E-state index in [9.17, 15) is 9.90 Å². The molecule has 0 fully saturated rings. The molecule has 0 aliphatic carbocycles. The summed E-state index contributed by atoms with van der Waals surface area (Å²) in [6.45, 7) is 2.08. The van der Waals surface area contributed by atoms with Crippen LogP contribution in [0.4, 0.5) is 0 Å². The minimum absolute atomic E-state index is 0.0231. The van der Waals surface area contributed by atoms with Gasteiger partial charge in [0.1, 0.15) is 11.5 Å². The van der Waals surface area contributed by atoms with E-state index in [2.05, 4.69) is 10.2 Å².